The number of aliphatic hydroxyl groups excluding tert-OH is 1. The third-order valence-electron chi connectivity index (χ3n) is 6.48. The number of anilines is 1. The molecule has 2 atom stereocenters. The number of benzene rings is 3. The van der Waals surface area contributed by atoms with Crippen molar-refractivity contribution in [2.24, 2.45) is 0 Å². The van der Waals surface area contributed by atoms with E-state index in [2.05, 4.69) is 12.2 Å². The fraction of sp³-hybridized carbons (Fsp3) is 0.357. The van der Waals surface area contributed by atoms with Crippen LogP contribution in [-0.2, 0) is 16.6 Å². The van der Waals surface area contributed by atoms with E-state index in [1.54, 1.807) is 30.3 Å². The molecule has 0 unspecified atom stereocenters. The van der Waals surface area contributed by atoms with Crippen molar-refractivity contribution in [3.63, 3.8) is 0 Å². The third kappa shape index (κ3) is 5.40. The lowest BCUT2D eigenvalue weighted by Gasteiger charge is -2.42. The van der Waals surface area contributed by atoms with Gasteiger partial charge in [0.25, 0.3) is 10.0 Å². The molecule has 0 bridgehead atoms. The van der Waals surface area contributed by atoms with Gasteiger partial charge >= 0.3 is 0 Å². The van der Waals surface area contributed by atoms with Gasteiger partial charge in [0.2, 0.25) is 0 Å². The van der Waals surface area contributed by atoms with Crippen LogP contribution >= 0.6 is 0 Å². The summed E-state index contributed by atoms with van der Waals surface area (Å²) in [7, 11) is -3.93. The Morgan fingerprint density at radius 3 is 2.42 bits per heavy atom. The van der Waals surface area contributed by atoms with E-state index in [9.17, 15) is 17.9 Å². The van der Waals surface area contributed by atoms with Crippen molar-refractivity contribution in [2.45, 2.75) is 62.8 Å². The van der Waals surface area contributed by atoms with Gasteiger partial charge in [0.15, 0.2) is 0 Å². The summed E-state index contributed by atoms with van der Waals surface area (Å²) in [6.07, 6.45) is 1.19. The molecule has 4 rings (SSSR count). The van der Waals surface area contributed by atoms with Crippen LogP contribution in [0.25, 0.3) is 0 Å². The fourth-order valence-corrected chi connectivity index (χ4v) is 5.89. The van der Waals surface area contributed by atoms with E-state index in [1.165, 1.54) is 28.6 Å². The minimum absolute atomic E-state index is 0.0251. The molecule has 0 amide bonds. The van der Waals surface area contributed by atoms with Gasteiger partial charge in [-0.25, -0.2) is 12.8 Å². The molecule has 0 spiro atoms. The molecule has 0 fully saturated rings. The number of sulfonamides is 1. The molecule has 2 N–H and O–H groups in total. The number of hydrogen-bond acceptors (Lipinski definition) is 5. The summed E-state index contributed by atoms with van der Waals surface area (Å²) < 4.78 is 48.3. The number of unbranched alkanes of at least 4 members (excludes halogenated alkanes) is 1. The molecule has 0 aliphatic carbocycles. The summed E-state index contributed by atoms with van der Waals surface area (Å²) in [5.41, 5.74) is 1.07. The van der Waals surface area contributed by atoms with E-state index >= 15 is 0 Å². The van der Waals surface area contributed by atoms with Crippen molar-refractivity contribution >= 4 is 15.7 Å². The number of fused-ring (bicyclic) bond motifs is 1. The van der Waals surface area contributed by atoms with Gasteiger partial charge in [0.1, 0.15) is 23.3 Å². The maximum Gasteiger partial charge on any atom is 0.264 e. The van der Waals surface area contributed by atoms with E-state index in [0.717, 1.165) is 30.5 Å². The molecule has 0 aromatic heterocycles. The Kier molecular flexibility index (Phi) is 7.68. The molecule has 8 heteroatoms. The molecule has 0 radical (unpaired) electrons. The summed E-state index contributed by atoms with van der Waals surface area (Å²) in [4.78, 5) is 0.145. The first kappa shape index (κ1) is 26.1. The molecule has 1 aliphatic rings. The minimum atomic E-state index is -3.93. The smallest absolute Gasteiger partial charge is 0.264 e. The maximum atomic E-state index is 13.6. The van der Waals surface area contributed by atoms with Gasteiger partial charge in [0.05, 0.1) is 23.2 Å². The topological polar surface area (TPSA) is 78.9 Å². The Morgan fingerprint density at radius 1 is 1.06 bits per heavy atom. The molecule has 1 heterocycles. The van der Waals surface area contributed by atoms with Crippen LogP contribution in [0.15, 0.2) is 77.7 Å². The average Bonchev–Trinajstić information content (AvgIpc) is 2.86. The van der Waals surface area contributed by atoms with Crippen LogP contribution in [0.2, 0.25) is 0 Å². The lowest BCUT2D eigenvalue weighted by atomic mass is 9.85. The summed E-state index contributed by atoms with van der Waals surface area (Å²) in [5, 5.41) is 14.5. The Labute approximate surface area is 212 Å². The first-order chi connectivity index (χ1) is 17.1. The maximum absolute atomic E-state index is 13.6. The molecular formula is C28H33FN2O4S. The number of halogens is 1. The van der Waals surface area contributed by atoms with E-state index in [0.29, 0.717) is 11.4 Å². The largest absolute Gasteiger partial charge is 0.485 e. The number of ether oxygens (including phenoxy) is 1. The van der Waals surface area contributed by atoms with Crippen LogP contribution in [-0.4, -0.2) is 31.8 Å². The molecule has 6 nitrogen and oxygen atoms in total. The molecule has 3 aromatic carbocycles. The second-order valence-electron chi connectivity index (χ2n) is 9.61. The summed E-state index contributed by atoms with van der Waals surface area (Å²) in [6.45, 7) is 6.58. The highest BCUT2D eigenvalue weighted by Gasteiger charge is 2.42. The van der Waals surface area contributed by atoms with Gasteiger partial charge in [-0.1, -0.05) is 37.6 Å². The molecule has 3 aromatic rings. The molecule has 1 aliphatic heterocycles. The summed E-state index contributed by atoms with van der Waals surface area (Å²) >= 11 is 0. The standard InChI is InChI=1S/C28H33FN2O4S/c1-4-5-17-30-26-24-18-20(11-16-25(24)35-28(2,3)27(26)32)19-31(22-14-12-21(29)13-15-22)36(33,34)23-9-7-6-8-10-23/h6-16,18,26-27,30,32H,4-5,17,19H2,1-3H3/t26-,27+/m0/s1. The quantitative estimate of drug-likeness (QED) is 0.386. The fourth-order valence-electron chi connectivity index (χ4n) is 4.41. The van der Waals surface area contributed by atoms with Crippen LogP contribution in [0.5, 0.6) is 5.75 Å². The SMILES string of the molecule is CCCCN[C@H]1c2cc(CN(c3ccc(F)cc3)S(=O)(=O)c3ccccc3)ccc2OC(C)(C)[C@@H]1O. The zero-order chi connectivity index (χ0) is 25.9. The second kappa shape index (κ2) is 10.6. The highest BCUT2D eigenvalue weighted by Crippen LogP contribution is 2.40. The predicted octanol–water partition coefficient (Wildman–Crippen LogP) is 5.18. The Hall–Kier alpha value is -2.94. The Bertz CT molecular complexity index is 1280. The summed E-state index contributed by atoms with van der Waals surface area (Å²) in [6, 6.07) is 18.7. The zero-order valence-corrected chi connectivity index (χ0v) is 21.6. The molecule has 192 valence electrons. The first-order valence-electron chi connectivity index (χ1n) is 12.2. The van der Waals surface area contributed by atoms with Crippen molar-refractivity contribution < 1.29 is 22.7 Å². The lowest BCUT2D eigenvalue weighted by molar-refractivity contribution is -0.0645. The Morgan fingerprint density at radius 2 is 1.75 bits per heavy atom. The van der Waals surface area contributed by atoms with Crippen LogP contribution in [0, 0.1) is 5.82 Å². The van der Waals surface area contributed by atoms with Gasteiger partial charge in [0, 0.05) is 5.56 Å². The monoisotopic (exact) mass is 512 g/mol. The molecule has 0 saturated carbocycles. The van der Waals surface area contributed by atoms with Crippen LogP contribution in [0.4, 0.5) is 10.1 Å². The third-order valence-corrected chi connectivity index (χ3v) is 8.26. The van der Waals surface area contributed by atoms with Gasteiger partial charge in [-0.15, -0.1) is 0 Å². The number of nitrogens with one attached hydrogen (secondary N) is 1. The van der Waals surface area contributed by atoms with Gasteiger partial charge in [-0.05, 0) is 80.9 Å². The second-order valence-corrected chi connectivity index (χ2v) is 11.5. The summed E-state index contributed by atoms with van der Waals surface area (Å²) in [5.74, 6) is 0.210. The molecule has 36 heavy (non-hydrogen) atoms. The highest BCUT2D eigenvalue weighted by molar-refractivity contribution is 7.92. The van der Waals surface area contributed by atoms with Crippen molar-refractivity contribution in [1.29, 1.82) is 0 Å². The van der Waals surface area contributed by atoms with Crippen molar-refractivity contribution in [3.05, 3.63) is 89.7 Å². The normalized spacial score (nSPS) is 18.8. The van der Waals surface area contributed by atoms with Crippen LogP contribution in [0.1, 0.15) is 50.8 Å². The van der Waals surface area contributed by atoms with Crippen LogP contribution in [0.3, 0.4) is 0 Å². The van der Waals surface area contributed by atoms with Crippen LogP contribution < -0.4 is 14.4 Å². The van der Waals surface area contributed by atoms with Gasteiger partial charge in [-0.2, -0.15) is 0 Å². The Balaban J connectivity index is 1.73. The zero-order valence-electron chi connectivity index (χ0n) is 20.8. The highest BCUT2D eigenvalue weighted by atomic mass is 32.2. The minimum Gasteiger partial charge on any atom is -0.485 e. The lowest BCUT2D eigenvalue weighted by Crippen LogP contribution is -2.52. The first-order valence-corrected chi connectivity index (χ1v) is 13.6. The van der Waals surface area contributed by atoms with Gasteiger partial charge in [-0.3, -0.25) is 4.31 Å². The van der Waals surface area contributed by atoms with Crippen molar-refractivity contribution in [1.82, 2.24) is 5.32 Å². The number of rotatable bonds is 9. The molecule has 0 saturated heterocycles. The van der Waals surface area contributed by atoms with Crippen molar-refractivity contribution in [3.8, 4) is 5.75 Å². The van der Waals surface area contributed by atoms with Gasteiger partial charge < -0.3 is 15.2 Å². The van der Waals surface area contributed by atoms with E-state index < -0.39 is 27.5 Å². The number of nitrogens with zero attached hydrogens (tertiary/aromatic N) is 1. The number of aliphatic hydroxyl groups is 1. The number of hydrogen-bond donors (Lipinski definition) is 2. The van der Waals surface area contributed by atoms with E-state index in [1.807, 2.05) is 32.0 Å². The van der Waals surface area contributed by atoms with E-state index in [4.69, 9.17) is 4.74 Å². The predicted molar refractivity (Wildman–Crippen MR) is 139 cm³/mol. The molecular weight excluding hydrogens is 479 g/mol. The van der Waals surface area contributed by atoms with Crippen molar-refractivity contribution in [2.75, 3.05) is 10.8 Å². The van der Waals surface area contributed by atoms with E-state index in [-0.39, 0.29) is 17.5 Å². The average molecular weight is 513 g/mol.